The van der Waals surface area contributed by atoms with Crippen molar-refractivity contribution >= 4 is 34.4 Å². The van der Waals surface area contributed by atoms with Crippen LogP contribution >= 0.6 is 0 Å². The minimum atomic E-state index is -0.834. The van der Waals surface area contributed by atoms with E-state index in [0.29, 0.717) is 17.7 Å². The van der Waals surface area contributed by atoms with Gasteiger partial charge < -0.3 is 20.1 Å². The Hall–Kier alpha value is -4.72. The van der Waals surface area contributed by atoms with Crippen molar-refractivity contribution in [2.45, 2.75) is 44.6 Å². The third-order valence-corrected chi connectivity index (χ3v) is 8.08. The average Bonchev–Trinajstić information content (AvgIpc) is 3.51. The van der Waals surface area contributed by atoms with Crippen LogP contribution in [0.1, 0.15) is 47.2 Å². The summed E-state index contributed by atoms with van der Waals surface area (Å²) in [6, 6.07) is 23.4. The van der Waals surface area contributed by atoms with E-state index in [2.05, 4.69) is 15.6 Å². The van der Waals surface area contributed by atoms with E-state index in [-0.39, 0.29) is 18.2 Å². The molecular weight excluding hydrogens is 530 g/mol. The predicted octanol–water partition coefficient (Wildman–Crippen LogP) is 5.50. The maximum atomic E-state index is 13.7. The zero-order valence-electron chi connectivity index (χ0n) is 23.9. The van der Waals surface area contributed by atoms with Crippen LogP contribution in [0.3, 0.4) is 0 Å². The van der Waals surface area contributed by atoms with Crippen LogP contribution in [-0.2, 0) is 27.2 Å². The van der Waals surface area contributed by atoms with E-state index in [1.54, 1.807) is 31.5 Å². The number of fused-ring (bicyclic) bond motifs is 1. The maximum absolute atomic E-state index is 13.7. The third kappa shape index (κ3) is 6.43. The number of pyridine rings is 1. The standard InChI is InChI=1S/C34H35N3O5/c1-41-26-15-11-24(12-16-26)22-34(18-5-6-19-34)33(40)37-30(32(39)42-2)21-23-9-13-25(14-10-23)36-31(38)28-17-20-35-29-8-4-3-7-27(28)29/h3-4,7-17,20,30H,5-6,18-19,21-22H2,1-2H3,(H,36,38)(H,37,40)/t30-/m0/s1. The summed E-state index contributed by atoms with van der Waals surface area (Å²) in [7, 11) is 2.95. The zero-order chi connectivity index (χ0) is 29.5. The molecule has 0 saturated heterocycles. The molecule has 1 aliphatic carbocycles. The second kappa shape index (κ2) is 12.9. The first-order valence-corrected chi connectivity index (χ1v) is 14.2. The molecule has 4 aromatic rings. The molecule has 3 aromatic carbocycles. The molecule has 1 heterocycles. The van der Waals surface area contributed by atoms with Crippen LogP contribution in [0.2, 0.25) is 0 Å². The Kier molecular flexibility index (Phi) is 8.81. The Labute approximate surface area is 245 Å². The number of ether oxygens (including phenoxy) is 2. The molecule has 2 amide bonds. The van der Waals surface area contributed by atoms with Crippen molar-refractivity contribution in [2.75, 3.05) is 19.5 Å². The number of carbonyl (C=O) groups excluding carboxylic acids is 3. The first kappa shape index (κ1) is 28.8. The number of methoxy groups -OCH3 is 2. The largest absolute Gasteiger partial charge is 0.497 e. The highest BCUT2D eigenvalue weighted by atomic mass is 16.5. The number of hydrogen-bond donors (Lipinski definition) is 2. The Bertz CT molecular complexity index is 1560. The molecule has 0 radical (unpaired) electrons. The van der Waals surface area contributed by atoms with E-state index >= 15 is 0 Å². The molecule has 8 nitrogen and oxygen atoms in total. The van der Waals surface area contributed by atoms with Crippen molar-refractivity contribution in [3.8, 4) is 5.75 Å². The third-order valence-electron chi connectivity index (χ3n) is 8.08. The first-order valence-electron chi connectivity index (χ1n) is 14.2. The number of carbonyl (C=O) groups is 3. The molecule has 1 aromatic heterocycles. The molecule has 1 fully saturated rings. The summed E-state index contributed by atoms with van der Waals surface area (Å²) in [5.74, 6) is -0.0896. The van der Waals surface area contributed by atoms with Gasteiger partial charge in [-0.25, -0.2) is 4.79 Å². The predicted molar refractivity (Wildman–Crippen MR) is 161 cm³/mol. The van der Waals surface area contributed by atoms with Crippen LogP contribution < -0.4 is 15.4 Å². The number of nitrogens with one attached hydrogen (secondary N) is 2. The minimum absolute atomic E-state index is 0.125. The van der Waals surface area contributed by atoms with E-state index in [9.17, 15) is 14.4 Å². The van der Waals surface area contributed by atoms with E-state index < -0.39 is 17.4 Å². The van der Waals surface area contributed by atoms with Crippen molar-refractivity contribution in [3.63, 3.8) is 0 Å². The number of aromatic nitrogens is 1. The number of anilines is 1. The van der Waals surface area contributed by atoms with E-state index in [1.807, 2.05) is 60.7 Å². The highest BCUT2D eigenvalue weighted by molar-refractivity contribution is 6.12. The highest BCUT2D eigenvalue weighted by Gasteiger charge is 2.42. The molecule has 0 spiro atoms. The molecule has 5 rings (SSSR count). The van der Waals surface area contributed by atoms with Gasteiger partial charge in [-0.15, -0.1) is 0 Å². The lowest BCUT2D eigenvalue weighted by Gasteiger charge is -2.30. The van der Waals surface area contributed by atoms with Crippen molar-refractivity contribution in [3.05, 3.63) is 102 Å². The molecule has 1 atom stereocenters. The number of rotatable bonds is 10. The summed E-state index contributed by atoms with van der Waals surface area (Å²) >= 11 is 0. The van der Waals surface area contributed by atoms with Crippen molar-refractivity contribution in [2.24, 2.45) is 5.41 Å². The smallest absolute Gasteiger partial charge is 0.328 e. The zero-order valence-corrected chi connectivity index (χ0v) is 23.9. The van der Waals surface area contributed by atoms with Gasteiger partial charge in [-0.3, -0.25) is 14.6 Å². The molecule has 2 N–H and O–H groups in total. The number of esters is 1. The van der Waals surface area contributed by atoms with Crippen molar-refractivity contribution in [1.82, 2.24) is 10.3 Å². The number of hydrogen-bond acceptors (Lipinski definition) is 6. The fourth-order valence-corrected chi connectivity index (χ4v) is 5.77. The van der Waals surface area contributed by atoms with Gasteiger partial charge in [0.2, 0.25) is 5.91 Å². The molecular formula is C34H35N3O5. The van der Waals surface area contributed by atoms with Gasteiger partial charge in [-0.2, -0.15) is 0 Å². The lowest BCUT2D eigenvalue weighted by Crippen LogP contribution is -2.49. The number of amides is 2. The lowest BCUT2D eigenvalue weighted by atomic mass is 9.78. The summed E-state index contributed by atoms with van der Waals surface area (Å²) in [5, 5.41) is 6.72. The fourth-order valence-electron chi connectivity index (χ4n) is 5.77. The molecule has 8 heteroatoms. The van der Waals surface area contributed by atoms with E-state index in [1.165, 1.54) is 7.11 Å². The molecule has 1 aliphatic rings. The van der Waals surface area contributed by atoms with Gasteiger partial charge in [0.25, 0.3) is 5.91 Å². The summed E-state index contributed by atoms with van der Waals surface area (Å²) in [5.41, 5.74) is 3.21. The minimum Gasteiger partial charge on any atom is -0.497 e. The summed E-state index contributed by atoms with van der Waals surface area (Å²) in [6.45, 7) is 0. The van der Waals surface area contributed by atoms with Gasteiger partial charge in [0.15, 0.2) is 0 Å². The van der Waals surface area contributed by atoms with Gasteiger partial charge in [0, 0.05) is 23.7 Å². The Morgan fingerprint density at radius 2 is 1.57 bits per heavy atom. The topological polar surface area (TPSA) is 107 Å². The Morgan fingerprint density at radius 1 is 0.881 bits per heavy atom. The second-order valence-corrected chi connectivity index (χ2v) is 10.8. The van der Waals surface area contributed by atoms with Crippen LogP contribution in [0.15, 0.2) is 85.1 Å². The first-order chi connectivity index (χ1) is 20.4. The monoisotopic (exact) mass is 565 g/mol. The van der Waals surface area contributed by atoms with Crippen LogP contribution in [0.4, 0.5) is 5.69 Å². The second-order valence-electron chi connectivity index (χ2n) is 10.8. The van der Waals surface area contributed by atoms with Crippen molar-refractivity contribution < 1.29 is 23.9 Å². The molecule has 0 unspecified atom stereocenters. The van der Waals surface area contributed by atoms with Crippen molar-refractivity contribution in [1.29, 1.82) is 0 Å². The summed E-state index contributed by atoms with van der Waals surface area (Å²) in [4.78, 5) is 43.8. The van der Waals surface area contributed by atoms with Crippen LogP contribution in [0, 0.1) is 5.41 Å². The quantitative estimate of drug-likeness (QED) is 0.246. The maximum Gasteiger partial charge on any atom is 0.328 e. The normalized spacial score (nSPS) is 14.6. The van der Waals surface area contributed by atoms with Gasteiger partial charge in [-0.05, 0) is 66.8 Å². The van der Waals surface area contributed by atoms with Gasteiger partial charge in [0.05, 0.1) is 30.7 Å². The molecule has 216 valence electrons. The molecule has 0 aliphatic heterocycles. The van der Waals surface area contributed by atoms with Gasteiger partial charge >= 0.3 is 5.97 Å². The molecule has 42 heavy (non-hydrogen) atoms. The fraction of sp³-hybridized carbons (Fsp3) is 0.294. The Balaban J connectivity index is 1.26. The number of benzene rings is 3. The molecule has 1 saturated carbocycles. The van der Waals surface area contributed by atoms with Gasteiger partial charge in [0.1, 0.15) is 11.8 Å². The summed E-state index contributed by atoms with van der Waals surface area (Å²) in [6.07, 6.45) is 5.94. The van der Waals surface area contributed by atoms with E-state index in [4.69, 9.17) is 9.47 Å². The van der Waals surface area contributed by atoms with Crippen LogP contribution in [-0.4, -0.2) is 43.0 Å². The van der Waals surface area contributed by atoms with Crippen LogP contribution in [0.25, 0.3) is 10.9 Å². The average molecular weight is 566 g/mol. The highest BCUT2D eigenvalue weighted by Crippen LogP contribution is 2.41. The Morgan fingerprint density at radius 3 is 2.26 bits per heavy atom. The SMILES string of the molecule is COC(=O)[C@H](Cc1ccc(NC(=O)c2ccnc3ccccc23)cc1)NC(=O)C1(Cc2ccc(OC)cc2)CCCC1. The van der Waals surface area contributed by atoms with Crippen LogP contribution in [0.5, 0.6) is 5.75 Å². The van der Waals surface area contributed by atoms with Gasteiger partial charge in [-0.1, -0.05) is 55.3 Å². The number of nitrogens with zero attached hydrogens (tertiary/aromatic N) is 1. The van der Waals surface area contributed by atoms with E-state index in [0.717, 1.165) is 53.5 Å². The molecule has 0 bridgehead atoms. The lowest BCUT2D eigenvalue weighted by molar-refractivity contribution is -0.146. The number of para-hydroxylation sites is 1. The summed E-state index contributed by atoms with van der Waals surface area (Å²) < 4.78 is 10.3.